The Morgan fingerprint density at radius 2 is 2.24 bits per heavy atom. The lowest BCUT2D eigenvalue weighted by Crippen LogP contribution is -2.15. The molecule has 0 bridgehead atoms. The Kier molecular flexibility index (Phi) is 2.36. The Morgan fingerprint density at radius 1 is 1.47 bits per heavy atom. The molecule has 0 unspecified atom stereocenters. The van der Waals surface area contributed by atoms with Gasteiger partial charge in [0.1, 0.15) is 0 Å². The van der Waals surface area contributed by atoms with Gasteiger partial charge in [0.05, 0.1) is 11.0 Å². The monoisotopic (exact) mass is 247 g/mol. The summed E-state index contributed by atoms with van der Waals surface area (Å²) < 4.78 is 2.60. The number of hydrogen-bond acceptors (Lipinski definition) is 3. The molecule has 1 aliphatic rings. The molecule has 1 aliphatic carbocycles. The van der Waals surface area contributed by atoms with Crippen LogP contribution in [0.25, 0.3) is 11.0 Å². The molecule has 0 radical (unpaired) electrons. The zero-order valence-corrected chi connectivity index (χ0v) is 11.0. The van der Waals surface area contributed by atoms with Crippen molar-refractivity contribution in [2.45, 2.75) is 31.1 Å². The van der Waals surface area contributed by atoms with Crippen molar-refractivity contribution in [2.75, 3.05) is 12.0 Å². The minimum Gasteiger partial charge on any atom is -0.369 e. The van der Waals surface area contributed by atoms with Crippen LogP contribution in [0.3, 0.4) is 0 Å². The summed E-state index contributed by atoms with van der Waals surface area (Å²) >= 11 is 1.96. The molecule has 0 spiro atoms. The summed E-state index contributed by atoms with van der Waals surface area (Å²) in [6.07, 6.45) is 4.77. The van der Waals surface area contributed by atoms with Crippen LogP contribution in [-0.4, -0.2) is 20.6 Å². The molecule has 1 aromatic carbocycles. The quantitative estimate of drug-likeness (QED) is 0.907. The van der Waals surface area contributed by atoms with Crippen LogP contribution < -0.4 is 5.73 Å². The molecule has 1 heterocycles. The number of thioether (sulfide) groups is 1. The van der Waals surface area contributed by atoms with E-state index in [0.29, 0.717) is 10.7 Å². The topological polar surface area (TPSA) is 43.8 Å². The van der Waals surface area contributed by atoms with E-state index in [0.717, 1.165) is 12.1 Å². The predicted octanol–water partition coefficient (Wildman–Crippen LogP) is 2.82. The Balaban J connectivity index is 2.12. The average molecular weight is 247 g/mol. The fourth-order valence-electron chi connectivity index (χ4n) is 2.40. The summed E-state index contributed by atoms with van der Waals surface area (Å²) in [6.45, 7) is 3.11. The molecule has 0 aliphatic heterocycles. The van der Waals surface area contributed by atoms with Gasteiger partial charge in [0.15, 0.2) is 0 Å². The number of nitrogens with two attached hydrogens (primary N) is 1. The van der Waals surface area contributed by atoms with Crippen molar-refractivity contribution in [1.82, 2.24) is 9.55 Å². The first-order valence-corrected chi connectivity index (χ1v) is 7.14. The maximum Gasteiger partial charge on any atom is 0.201 e. The highest BCUT2D eigenvalue weighted by molar-refractivity contribution is 8.00. The molecule has 3 nitrogen and oxygen atoms in total. The van der Waals surface area contributed by atoms with Gasteiger partial charge in [0.2, 0.25) is 5.95 Å². The number of imidazole rings is 1. The van der Waals surface area contributed by atoms with E-state index in [4.69, 9.17) is 5.73 Å². The predicted molar refractivity (Wildman–Crippen MR) is 74.4 cm³/mol. The zero-order valence-electron chi connectivity index (χ0n) is 10.2. The fraction of sp³-hybridized carbons (Fsp3) is 0.462. The third-order valence-corrected chi connectivity index (χ3v) is 5.09. The highest BCUT2D eigenvalue weighted by Crippen LogP contribution is 2.49. The zero-order chi connectivity index (χ0) is 12.0. The van der Waals surface area contributed by atoms with E-state index < -0.39 is 0 Å². The molecule has 2 N–H and O–H groups in total. The maximum atomic E-state index is 6.05. The molecule has 0 amide bonds. The molecule has 0 saturated heterocycles. The number of rotatable bonds is 3. The van der Waals surface area contributed by atoms with E-state index >= 15 is 0 Å². The Labute approximate surface area is 105 Å². The van der Waals surface area contributed by atoms with Crippen LogP contribution >= 0.6 is 11.8 Å². The number of para-hydroxylation sites is 1. The van der Waals surface area contributed by atoms with Crippen LogP contribution in [-0.2, 0) is 6.54 Å². The summed E-state index contributed by atoms with van der Waals surface area (Å²) in [5, 5.41) is 0. The summed E-state index contributed by atoms with van der Waals surface area (Å²) in [5.41, 5.74) is 9.52. The minimum atomic E-state index is 0.407. The van der Waals surface area contributed by atoms with Gasteiger partial charge in [-0.1, -0.05) is 12.1 Å². The molecular formula is C13H17N3S. The van der Waals surface area contributed by atoms with Gasteiger partial charge in [0, 0.05) is 11.3 Å². The lowest BCUT2D eigenvalue weighted by atomic mass is 10.2. The molecule has 2 aromatic rings. The lowest BCUT2D eigenvalue weighted by molar-refractivity contribution is 0.686. The smallest absolute Gasteiger partial charge is 0.201 e. The van der Waals surface area contributed by atoms with Gasteiger partial charge in [-0.15, -0.1) is 0 Å². The standard InChI is InChI=1S/C13H17N3S/c1-9-4-3-5-10-11(9)16(12(14)15-10)8-13(17-2)6-7-13/h3-5H,6-8H2,1-2H3,(H2,14,15). The van der Waals surface area contributed by atoms with Crippen LogP contribution in [0.5, 0.6) is 0 Å². The summed E-state index contributed by atoms with van der Waals surface area (Å²) in [5.74, 6) is 0.648. The second kappa shape index (κ2) is 3.67. The number of anilines is 1. The Morgan fingerprint density at radius 3 is 2.88 bits per heavy atom. The van der Waals surface area contributed by atoms with Crippen molar-refractivity contribution in [1.29, 1.82) is 0 Å². The maximum absolute atomic E-state index is 6.05. The van der Waals surface area contributed by atoms with Gasteiger partial charge >= 0.3 is 0 Å². The molecule has 3 rings (SSSR count). The second-order valence-corrected chi connectivity index (χ2v) is 6.16. The summed E-state index contributed by atoms with van der Waals surface area (Å²) in [6, 6.07) is 6.20. The highest BCUT2D eigenvalue weighted by atomic mass is 32.2. The molecular weight excluding hydrogens is 230 g/mol. The van der Waals surface area contributed by atoms with E-state index in [1.165, 1.54) is 23.9 Å². The number of hydrogen-bond donors (Lipinski definition) is 1. The molecule has 17 heavy (non-hydrogen) atoms. The first-order valence-electron chi connectivity index (χ1n) is 5.92. The van der Waals surface area contributed by atoms with Crippen molar-refractivity contribution in [2.24, 2.45) is 0 Å². The largest absolute Gasteiger partial charge is 0.369 e. The first kappa shape index (κ1) is 11.0. The number of fused-ring (bicyclic) bond motifs is 1. The van der Waals surface area contributed by atoms with E-state index in [1.807, 2.05) is 23.9 Å². The van der Waals surface area contributed by atoms with Crippen molar-refractivity contribution < 1.29 is 0 Å². The van der Waals surface area contributed by atoms with Gasteiger partial charge < -0.3 is 10.3 Å². The Bertz CT molecular complexity index is 569. The Hall–Kier alpha value is -1.16. The molecule has 1 saturated carbocycles. The molecule has 1 fully saturated rings. The molecule has 0 atom stereocenters. The van der Waals surface area contributed by atoms with Gasteiger partial charge in [-0.2, -0.15) is 11.8 Å². The van der Waals surface area contributed by atoms with Gasteiger partial charge in [-0.05, 0) is 37.7 Å². The fourth-order valence-corrected chi connectivity index (χ4v) is 3.17. The average Bonchev–Trinajstić information content (AvgIpc) is 3.00. The number of benzene rings is 1. The van der Waals surface area contributed by atoms with Crippen LogP contribution in [0.2, 0.25) is 0 Å². The second-order valence-electron chi connectivity index (χ2n) is 4.89. The van der Waals surface area contributed by atoms with E-state index in [9.17, 15) is 0 Å². The van der Waals surface area contributed by atoms with Crippen LogP contribution in [0.1, 0.15) is 18.4 Å². The van der Waals surface area contributed by atoms with Crippen molar-refractivity contribution >= 4 is 28.7 Å². The summed E-state index contributed by atoms with van der Waals surface area (Å²) in [7, 11) is 0. The third-order valence-electron chi connectivity index (χ3n) is 3.68. The summed E-state index contributed by atoms with van der Waals surface area (Å²) in [4.78, 5) is 4.45. The van der Waals surface area contributed by atoms with Gasteiger partial charge in [0.25, 0.3) is 0 Å². The number of aryl methyl sites for hydroxylation is 1. The first-order chi connectivity index (χ1) is 8.15. The minimum absolute atomic E-state index is 0.407. The van der Waals surface area contributed by atoms with Gasteiger partial charge in [-0.25, -0.2) is 4.98 Å². The van der Waals surface area contributed by atoms with Crippen LogP contribution in [0.4, 0.5) is 5.95 Å². The van der Waals surface area contributed by atoms with E-state index in [1.54, 1.807) is 0 Å². The van der Waals surface area contributed by atoms with Crippen LogP contribution in [0, 0.1) is 6.92 Å². The van der Waals surface area contributed by atoms with Gasteiger partial charge in [-0.3, -0.25) is 0 Å². The normalized spacial score (nSPS) is 17.5. The van der Waals surface area contributed by atoms with Crippen molar-refractivity contribution in [3.05, 3.63) is 23.8 Å². The van der Waals surface area contributed by atoms with E-state index in [-0.39, 0.29) is 0 Å². The molecule has 1 aromatic heterocycles. The lowest BCUT2D eigenvalue weighted by Gasteiger charge is -2.15. The highest BCUT2D eigenvalue weighted by Gasteiger charge is 2.42. The van der Waals surface area contributed by atoms with E-state index in [2.05, 4.69) is 28.8 Å². The van der Waals surface area contributed by atoms with Crippen molar-refractivity contribution in [3.8, 4) is 0 Å². The van der Waals surface area contributed by atoms with Crippen molar-refractivity contribution in [3.63, 3.8) is 0 Å². The number of nitrogen functional groups attached to an aromatic ring is 1. The third kappa shape index (κ3) is 1.71. The number of nitrogens with zero attached hydrogens (tertiary/aromatic N) is 2. The molecule has 90 valence electrons. The molecule has 4 heteroatoms. The number of aromatic nitrogens is 2. The van der Waals surface area contributed by atoms with Crippen LogP contribution in [0.15, 0.2) is 18.2 Å². The SMILES string of the molecule is CSC1(Cn2c(N)nc3cccc(C)c32)CC1.